The summed E-state index contributed by atoms with van der Waals surface area (Å²) in [7, 11) is 0. The third kappa shape index (κ3) is 3.51. The van der Waals surface area contributed by atoms with E-state index in [1.807, 2.05) is 18.2 Å². The summed E-state index contributed by atoms with van der Waals surface area (Å²) in [6.45, 7) is 3.82. The molecule has 2 bridgehead atoms. The molecule has 2 unspecified atom stereocenters. The van der Waals surface area contributed by atoms with E-state index in [1.54, 1.807) is 0 Å². The number of rotatable bonds is 6. The molecule has 3 nitrogen and oxygen atoms in total. The summed E-state index contributed by atoms with van der Waals surface area (Å²) in [4.78, 5) is 2.61. The maximum absolute atomic E-state index is 11.5. The predicted molar refractivity (Wildman–Crippen MR) is 104 cm³/mol. The fourth-order valence-corrected chi connectivity index (χ4v) is 4.70. The lowest BCUT2D eigenvalue weighted by atomic mass is 9.80. The first kappa shape index (κ1) is 17.6. The Morgan fingerprint density at radius 1 is 1.04 bits per heavy atom. The van der Waals surface area contributed by atoms with Crippen molar-refractivity contribution in [3.8, 4) is 5.75 Å². The number of hydrogen-bond acceptors (Lipinski definition) is 3. The highest BCUT2D eigenvalue weighted by Crippen LogP contribution is 2.46. The molecule has 0 aliphatic carbocycles. The van der Waals surface area contributed by atoms with Crippen LogP contribution in [0, 0.1) is 0 Å². The summed E-state index contributed by atoms with van der Waals surface area (Å²) in [5.74, 6) is 0.872. The van der Waals surface area contributed by atoms with Crippen molar-refractivity contribution in [1.29, 1.82) is 0 Å². The number of fused-ring (bicyclic) bond motifs is 2. The van der Waals surface area contributed by atoms with Crippen molar-refractivity contribution in [3.05, 3.63) is 65.7 Å². The van der Waals surface area contributed by atoms with Crippen molar-refractivity contribution in [2.75, 3.05) is 6.61 Å². The van der Waals surface area contributed by atoms with E-state index in [0.717, 1.165) is 43.7 Å². The fourth-order valence-electron chi connectivity index (χ4n) is 4.70. The Bertz CT molecular complexity index is 716. The molecule has 2 saturated heterocycles. The summed E-state index contributed by atoms with van der Waals surface area (Å²) in [5.41, 5.74) is 1.65. The monoisotopic (exact) mass is 351 g/mol. The smallest absolute Gasteiger partial charge is 0.119 e. The lowest BCUT2D eigenvalue weighted by Crippen LogP contribution is -2.49. The Kier molecular flexibility index (Phi) is 5.01. The average molecular weight is 351 g/mol. The van der Waals surface area contributed by atoms with Crippen LogP contribution >= 0.6 is 0 Å². The summed E-state index contributed by atoms with van der Waals surface area (Å²) < 4.78 is 5.78. The standard InChI is InChI=1S/C23H29NO2/c1-2-13-26-22-10-6-9-19(14-22)23(25)15-20-11-12-21(16-23)24(20)17-18-7-4-3-5-8-18/h3-10,14,20-21,25H,2,11-13,15-17H2,1H3. The van der Waals surface area contributed by atoms with Crippen LogP contribution < -0.4 is 4.74 Å². The molecule has 2 aliphatic heterocycles. The van der Waals surface area contributed by atoms with Gasteiger partial charge < -0.3 is 9.84 Å². The zero-order valence-electron chi connectivity index (χ0n) is 15.6. The van der Waals surface area contributed by atoms with Gasteiger partial charge in [0.05, 0.1) is 12.2 Å². The quantitative estimate of drug-likeness (QED) is 0.832. The zero-order valence-corrected chi connectivity index (χ0v) is 15.6. The van der Waals surface area contributed by atoms with Crippen LogP contribution in [0.2, 0.25) is 0 Å². The molecule has 0 aromatic heterocycles. The Labute approximate surface area is 156 Å². The largest absolute Gasteiger partial charge is 0.494 e. The van der Waals surface area contributed by atoms with Crippen LogP contribution in [0.3, 0.4) is 0 Å². The number of ether oxygens (including phenoxy) is 1. The number of nitrogens with zero attached hydrogens (tertiary/aromatic N) is 1. The van der Waals surface area contributed by atoms with E-state index < -0.39 is 5.60 Å². The van der Waals surface area contributed by atoms with Gasteiger partial charge in [0.2, 0.25) is 0 Å². The van der Waals surface area contributed by atoms with Crippen LogP contribution in [0.15, 0.2) is 54.6 Å². The third-order valence-electron chi connectivity index (χ3n) is 5.97. The van der Waals surface area contributed by atoms with Crippen LogP contribution in [0.4, 0.5) is 0 Å². The van der Waals surface area contributed by atoms with Gasteiger partial charge in [0, 0.05) is 18.6 Å². The highest BCUT2D eigenvalue weighted by molar-refractivity contribution is 5.33. The van der Waals surface area contributed by atoms with Crippen molar-refractivity contribution in [2.24, 2.45) is 0 Å². The molecular formula is C23H29NO2. The summed E-state index contributed by atoms with van der Waals surface area (Å²) in [5, 5.41) is 11.5. The van der Waals surface area contributed by atoms with E-state index in [-0.39, 0.29) is 0 Å². The number of hydrogen-bond donors (Lipinski definition) is 1. The van der Waals surface area contributed by atoms with Crippen LogP contribution in [0.25, 0.3) is 0 Å². The normalized spacial score (nSPS) is 28.2. The van der Waals surface area contributed by atoms with E-state index in [0.29, 0.717) is 12.1 Å². The predicted octanol–water partition coefficient (Wildman–Crippen LogP) is 4.49. The molecule has 2 aromatic carbocycles. The highest BCUT2D eigenvalue weighted by Gasteiger charge is 2.48. The maximum atomic E-state index is 11.5. The Morgan fingerprint density at radius 3 is 2.46 bits per heavy atom. The number of benzene rings is 2. The van der Waals surface area contributed by atoms with Gasteiger partial charge in [-0.1, -0.05) is 49.4 Å². The molecule has 26 heavy (non-hydrogen) atoms. The van der Waals surface area contributed by atoms with Crippen molar-refractivity contribution >= 4 is 0 Å². The minimum Gasteiger partial charge on any atom is -0.494 e. The van der Waals surface area contributed by atoms with E-state index in [4.69, 9.17) is 4.74 Å². The average Bonchev–Trinajstić information content (AvgIpc) is 2.91. The molecular weight excluding hydrogens is 322 g/mol. The molecule has 2 atom stereocenters. The number of aliphatic hydroxyl groups is 1. The van der Waals surface area contributed by atoms with E-state index in [9.17, 15) is 5.11 Å². The van der Waals surface area contributed by atoms with Crippen molar-refractivity contribution in [1.82, 2.24) is 4.90 Å². The zero-order chi connectivity index (χ0) is 18.0. The third-order valence-corrected chi connectivity index (χ3v) is 5.97. The minimum atomic E-state index is -0.732. The highest BCUT2D eigenvalue weighted by atomic mass is 16.5. The van der Waals surface area contributed by atoms with Crippen molar-refractivity contribution in [3.63, 3.8) is 0 Å². The molecule has 0 radical (unpaired) electrons. The molecule has 138 valence electrons. The molecule has 0 saturated carbocycles. The molecule has 3 heteroatoms. The van der Waals surface area contributed by atoms with Crippen LogP contribution in [0.1, 0.15) is 50.2 Å². The van der Waals surface area contributed by atoms with Gasteiger partial charge in [-0.05, 0) is 55.4 Å². The van der Waals surface area contributed by atoms with Gasteiger partial charge in [-0.25, -0.2) is 0 Å². The minimum absolute atomic E-state index is 0.458. The number of piperidine rings is 1. The molecule has 2 heterocycles. The van der Waals surface area contributed by atoms with Gasteiger partial charge in [-0.2, -0.15) is 0 Å². The van der Waals surface area contributed by atoms with Crippen LogP contribution in [-0.4, -0.2) is 28.7 Å². The van der Waals surface area contributed by atoms with Crippen LogP contribution in [0.5, 0.6) is 5.75 Å². The second-order valence-corrected chi connectivity index (χ2v) is 7.86. The van der Waals surface area contributed by atoms with Gasteiger partial charge in [-0.3, -0.25) is 4.90 Å². The first-order valence-electron chi connectivity index (χ1n) is 9.93. The fraction of sp³-hybridized carbons (Fsp3) is 0.478. The Morgan fingerprint density at radius 2 is 1.77 bits per heavy atom. The summed E-state index contributed by atoms with van der Waals surface area (Å²) >= 11 is 0. The first-order valence-corrected chi connectivity index (χ1v) is 9.93. The van der Waals surface area contributed by atoms with Crippen molar-refractivity contribution < 1.29 is 9.84 Å². The topological polar surface area (TPSA) is 32.7 Å². The van der Waals surface area contributed by atoms with E-state index in [1.165, 1.54) is 18.4 Å². The molecule has 4 rings (SSSR count). The maximum Gasteiger partial charge on any atom is 0.119 e. The van der Waals surface area contributed by atoms with E-state index in [2.05, 4.69) is 48.2 Å². The van der Waals surface area contributed by atoms with Crippen LogP contribution in [-0.2, 0) is 12.1 Å². The lowest BCUT2D eigenvalue weighted by Gasteiger charge is -2.44. The van der Waals surface area contributed by atoms with E-state index >= 15 is 0 Å². The molecule has 2 aromatic rings. The second-order valence-electron chi connectivity index (χ2n) is 7.86. The lowest BCUT2D eigenvalue weighted by molar-refractivity contribution is -0.0596. The Balaban J connectivity index is 1.50. The molecule has 1 N–H and O–H groups in total. The molecule has 2 aliphatic rings. The summed E-state index contributed by atoms with van der Waals surface area (Å²) in [6, 6.07) is 19.7. The van der Waals surface area contributed by atoms with Gasteiger partial charge in [-0.15, -0.1) is 0 Å². The molecule has 0 amide bonds. The van der Waals surface area contributed by atoms with Gasteiger partial charge >= 0.3 is 0 Å². The second kappa shape index (κ2) is 7.42. The van der Waals surface area contributed by atoms with Gasteiger partial charge in [0.15, 0.2) is 0 Å². The SMILES string of the molecule is CCCOc1cccc(C2(O)CC3CCC(C2)N3Cc2ccccc2)c1. The summed E-state index contributed by atoms with van der Waals surface area (Å²) in [6.07, 6.45) is 4.99. The Hall–Kier alpha value is -1.84. The first-order chi connectivity index (χ1) is 12.7. The van der Waals surface area contributed by atoms with Gasteiger partial charge in [0.25, 0.3) is 0 Å². The molecule has 0 spiro atoms. The van der Waals surface area contributed by atoms with Gasteiger partial charge in [0.1, 0.15) is 5.75 Å². The molecule has 2 fully saturated rings. The van der Waals surface area contributed by atoms with Crippen molar-refractivity contribution in [2.45, 2.75) is 63.3 Å².